The Balaban J connectivity index is 0.000000435. The van der Waals surface area contributed by atoms with E-state index < -0.39 is 18.4 Å². The molecule has 138 valence electrons. The van der Waals surface area contributed by atoms with Crippen LogP contribution in [0.1, 0.15) is 59.3 Å². The third-order valence-corrected chi connectivity index (χ3v) is 19.2. The molecule has 0 unspecified atom stereocenters. The maximum atomic E-state index is 4.69. The van der Waals surface area contributed by atoms with E-state index in [1.54, 1.807) is 18.5 Å². The molecular weight excluding hydrogens is 415 g/mol. The first-order valence-corrected chi connectivity index (χ1v) is 17.2. The molecular formula is C20H34N4Sn. The van der Waals surface area contributed by atoms with Gasteiger partial charge in [-0.3, -0.25) is 0 Å². The third kappa shape index (κ3) is 8.75. The summed E-state index contributed by atoms with van der Waals surface area (Å²) in [4.78, 5) is 16.7. The Morgan fingerprint density at radius 1 is 0.680 bits per heavy atom. The smallest absolute Gasteiger partial charge is 0.115 e. The van der Waals surface area contributed by atoms with Crippen molar-refractivity contribution in [1.82, 2.24) is 19.9 Å². The fourth-order valence-electron chi connectivity index (χ4n) is 3.08. The Hall–Kier alpha value is -1.04. The summed E-state index contributed by atoms with van der Waals surface area (Å²) in [7, 11) is 0. The second-order valence-corrected chi connectivity index (χ2v) is 19.4. The van der Waals surface area contributed by atoms with Gasteiger partial charge in [-0.25, -0.2) is 9.97 Å². The summed E-state index contributed by atoms with van der Waals surface area (Å²) in [6, 6.07) is 3.74. The maximum absolute atomic E-state index is 4.69. The van der Waals surface area contributed by atoms with Gasteiger partial charge in [0.15, 0.2) is 0 Å². The van der Waals surface area contributed by atoms with Crippen LogP contribution in [-0.4, -0.2) is 38.3 Å². The van der Waals surface area contributed by atoms with E-state index in [1.165, 1.54) is 62.0 Å². The topological polar surface area (TPSA) is 51.6 Å². The number of unbranched alkanes of at least 4 members (excludes halogenated alkanes) is 3. The fraction of sp³-hybridized carbons (Fsp3) is 0.600. The summed E-state index contributed by atoms with van der Waals surface area (Å²) in [6.45, 7) is 6.92. The summed E-state index contributed by atoms with van der Waals surface area (Å²) in [5, 5.41) is 0. The first kappa shape index (κ1) is 22.0. The summed E-state index contributed by atoms with van der Waals surface area (Å²) >= 11 is -2.32. The van der Waals surface area contributed by atoms with Crippen molar-refractivity contribution in [1.29, 1.82) is 0 Å². The Labute approximate surface area is 157 Å². The van der Waals surface area contributed by atoms with Gasteiger partial charge in [-0.2, -0.15) is 0 Å². The second-order valence-electron chi connectivity index (χ2n) is 6.57. The van der Waals surface area contributed by atoms with Crippen molar-refractivity contribution in [2.24, 2.45) is 0 Å². The van der Waals surface area contributed by atoms with Crippen molar-refractivity contribution in [3.63, 3.8) is 0 Å². The molecule has 0 atom stereocenters. The molecule has 25 heavy (non-hydrogen) atoms. The van der Waals surface area contributed by atoms with Gasteiger partial charge in [0.25, 0.3) is 0 Å². The molecule has 0 saturated carbocycles. The van der Waals surface area contributed by atoms with Crippen LogP contribution in [0.5, 0.6) is 0 Å². The van der Waals surface area contributed by atoms with Crippen molar-refractivity contribution in [3.8, 4) is 0 Å². The van der Waals surface area contributed by atoms with E-state index in [0.29, 0.717) is 0 Å². The molecule has 0 aliphatic rings. The van der Waals surface area contributed by atoms with Gasteiger partial charge in [0, 0.05) is 12.4 Å². The van der Waals surface area contributed by atoms with E-state index >= 15 is 0 Å². The van der Waals surface area contributed by atoms with Crippen LogP contribution in [0.25, 0.3) is 0 Å². The largest absolute Gasteiger partial charge is 0.245 e. The SMILES string of the molecule is CCC[CH2][Sn]([CH2]CCC)([CH2]CCC)[c]1ncccn1.c1cncnc1. The average Bonchev–Trinajstić information content (AvgIpc) is 2.70. The molecule has 0 aromatic carbocycles. The first-order valence-electron chi connectivity index (χ1n) is 9.76. The molecule has 0 fully saturated rings. The van der Waals surface area contributed by atoms with Crippen LogP contribution in [0, 0.1) is 0 Å². The number of rotatable bonds is 10. The van der Waals surface area contributed by atoms with Crippen LogP contribution >= 0.6 is 0 Å². The maximum Gasteiger partial charge on any atom is 0.115 e. The van der Waals surface area contributed by atoms with Crippen molar-refractivity contribution in [2.45, 2.75) is 72.6 Å². The van der Waals surface area contributed by atoms with E-state index in [-0.39, 0.29) is 0 Å². The standard InChI is InChI=1S/C4H4N2.C4H3N2.3C4H9.Sn/c2*1-2-5-4-6-3-1;3*1-3-4-2;/h1-4H;1-3H;3*1,3-4H2,2H3;. The first-order chi connectivity index (χ1) is 12.3. The quantitative estimate of drug-likeness (QED) is 0.479. The number of hydrogen-bond acceptors (Lipinski definition) is 4. The molecule has 0 amide bonds. The molecule has 2 aromatic heterocycles. The van der Waals surface area contributed by atoms with Gasteiger partial charge >= 0.3 is 123 Å². The normalized spacial score (nSPS) is 10.8. The molecule has 4 nitrogen and oxygen atoms in total. The minimum atomic E-state index is -2.32. The van der Waals surface area contributed by atoms with Crippen LogP contribution in [0.2, 0.25) is 13.3 Å². The van der Waals surface area contributed by atoms with Gasteiger partial charge in [0.1, 0.15) is 6.33 Å². The van der Waals surface area contributed by atoms with Gasteiger partial charge in [-0.1, -0.05) is 0 Å². The van der Waals surface area contributed by atoms with Crippen molar-refractivity contribution < 1.29 is 0 Å². The Morgan fingerprint density at radius 3 is 1.44 bits per heavy atom. The Kier molecular flexibility index (Phi) is 12.5. The van der Waals surface area contributed by atoms with Gasteiger partial charge in [-0.05, 0) is 6.07 Å². The van der Waals surface area contributed by atoms with E-state index in [9.17, 15) is 0 Å². The predicted molar refractivity (Wildman–Crippen MR) is 109 cm³/mol. The molecule has 0 N–H and O–H groups in total. The zero-order valence-corrected chi connectivity index (χ0v) is 19.0. The number of hydrogen-bond donors (Lipinski definition) is 0. The van der Waals surface area contributed by atoms with Crippen molar-refractivity contribution in [2.75, 3.05) is 0 Å². The monoisotopic (exact) mass is 450 g/mol. The Bertz CT molecular complexity index is 473. The third-order valence-electron chi connectivity index (χ3n) is 4.54. The molecule has 0 aliphatic carbocycles. The molecule has 2 heterocycles. The molecule has 5 heteroatoms. The molecule has 0 saturated heterocycles. The van der Waals surface area contributed by atoms with Crippen LogP contribution in [0.3, 0.4) is 0 Å². The second kappa shape index (κ2) is 14.2. The zero-order chi connectivity index (χ0) is 18.2. The summed E-state index contributed by atoms with van der Waals surface area (Å²) in [5.74, 6) is 0. The van der Waals surface area contributed by atoms with Crippen molar-refractivity contribution in [3.05, 3.63) is 43.2 Å². The minimum absolute atomic E-state index is 1.30. The molecule has 0 radical (unpaired) electrons. The summed E-state index contributed by atoms with van der Waals surface area (Å²) in [6.07, 6.45) is 16.8. The van der Waals surface area contributed by atoms with Gasteiger partial charge in [0.05, 0.1) is 0 Å². The van der Waals surface area contributed by atoms with Gasteiger partial charge in [-0.15, -0.1) is 0 Å². The van der Waals surface area contributed by atoms with Crippen LogP contribution in [0.4, 0.5) is 0 Å². The van der Waals surface area contributed by atoms with Crippen LogP contribution in [-0.2, 0) is 0 Å². The van der Waals surface area contributed by atoms with E-state index in [2.05, 4.69) is 30.7 Å². The molecule has 0 aliphatic heterocycles. The van der Waals surface area contributed by atoms with E-state index in [4.69, 9.17) is 9.97 Å². The van der Waals surface area contributed by atoms with Crippen LogP contribution < -0.4 is 3.84 Å². The zero-order valence-electron chi connectivity index (χ0n) is 16.2. The average molecular weight is 449 g/mol. The minimum Gasteiger partial charge on any atom is -0.245 e. The number of aromatic nitrogens is 4. The van der Waals surface area contributed by atoms with Crippen LogP contribution in [0.15, 0.2) is 43.2 Å². The van der Waals surface area contributed by atoms with Gasteiger partial charge < -0.3 is 0 Å². The van der Waals surface area contributed by atoms with E-state index in [0.717, 1.165) is 0 Å². The molecule has 2 aromatic rings. The van der Waals surface area contributed by atoms with Crippen molar-refractivity contribution >= 4 is 22.2 Å². The van der Waals surface area contributed by atoms with Gasteiger partial charge in [0.2, 0.25) is 0 Å². The van der Waals surface area contributed by atoms with E-state index in [1.807, 2.05) is 18.5 Å². The number of nitrogens with zero attached hydrogens (tertiary/aromatic N) is 4. The predicted octanol–water partition coefficient (Wildman–Crippen LogP) is 5.01. The Morgan fingerprint density at radius 2 is 1.12 bits per heavy atom. The molecule has 0 bridgehead atoms. The summed E-state index contributed by atoms with van der Waals surface area (Å²) in [5.41, 5.74) is 0. The fourth-order valence-corrected chi connectivity index (χ4v) is 17.9. The summed E-state index contributed by atoms with van der Waals surface area (Å²) < 4.78 is 5.66. The molecule has 2 rings (SSSR count). The molecule has 0 spiro atoms.